The Bertz CT molecular complexity index is 1290. The molecule has 0 bridgehead atoms. The maximum atomic E-state index is 14.0. The van der Waals surface area contributed by atoms with Crippen molar-refractivity contribution in [2.75, 3.05) is 13.1 Å². The maximum absolute atomic E-state index is 14.0. The van der Waals surface area contributed by atoms with Gasteiger partial charge in [-0.05, 0) is 74.5 Å². The van der Waals surface area contributed by atoms with Crippen LogP contribution in [0.25, 0.3) is 5.57 Å². The molecule has 1 saturated carbocycles. The van der Waals surface area contributed by atoms with Crippen molar-refractivity contribution in [2.45, 2.75) is 63.7 Å². The van der Waals surface area contributed by atoms with Gasteiger partial charge in [0.25, 0.3) is 5.91 Å². The first-order valence-corrected chi connectivity index (χ1v) is 13.4. The molecule has 188 valence electrons. The second-order valence-electron chi connectivity index (χ2n) is 10.6. The van der Waals surface area contributed by atoms with Gasteiger partial charge in [-0.15, -0.1) is 0 Å². The fourth-order valence-corrected chi connectivity index (χ4v) is 6.19. The van der Waals surface area contributed by atoms with Crippen LogP contribution in [0.3, 0.4) is 0 Å². The molecule has 2 fully saturated rings. The molecule has 1 amide bonds. The van der Waals surface area contributed by atoms with Crippen LogP contribution in [0.4, 0.5) is 0 Å². The molecule has 6 rings (SSSR count). The summed E-state index contributed by atoms with van der Waals surface area (Å²) in [5.41, 5.74) is 5.11. The fourth-order valence-electron chi connectivity index (χ4n) is 5.92. The summed E-state index contributed by atoms with van der Waals surface area (Å²) in [6.07, 6.45) is 8.66. The van der Waals surface area contributed by atoms with Crippen LogP contribution < -0.4 is 0 Å². The number of aromatic nitrogens is 2. The van der Waals surface area contributed by atoms with Crippen molar-refractivity contribution in [2.24, 2.45) is 11.8 Å². The number of nitrogens with zero attached hydrogens (tertiary/aromatic N) is 3. The lowest BCUT2D eigenvalue weighted by molar-refractivity contribution is -0.142. The first kappa shape index (κ1) is 23.5. The van der Waals surface area contributed by atoms with Crippen LogP contribution in [0.5, 0.6) is 0 Å². The molecule has 0 spiro atoms. The number of rotatable bonds is 5. The molecule has 2 unspecified atom stereocenters. The number of fused-ring (bicyclic) bond motifs is 1. The normalized spacial score (nSPS) is 23.5. The van der Waals surface area contributed by atoms with Crippen molar-refractivity contribution in [3.05, 3.63) is 57.4 Å². The predicted octanol–water partition coefficient (Wildman–Crippen LogP) is 4.71. The van der Waals surface area contributed by atoms with Gasteiger partial charge in [0.05, 0.1) is 27.9 Å². The highest BCUT2D eigenvalue weighted by Crippen LogP contribution is 2.44. The highest BCUT2D eigenvalue weighted by atomic mass is 35.5. The van der Waals surface area contributed by atoms with E-state index in [1.807, 2.05) is 23.1 Å². The summed E-state index contributed by atoms with van der Waals surface area (Å²) < 4.78 is 1.51. The van der Waals surface area contributed by atoms with Crippen molar-refractivity contribution in [1.82, 2.24) is 14.7 Å². The molecule has 1 N–H and O–H groups in total. The zero-order valence-corrected chi connectivity index (χ0v) is 21.0. The van der Waals surface area contributed by atoms with Gasteiger partial charge in [-0.25, -0.2) is 0 Å². The molecule has 36 heavy (non-hydrogen) atoms. The number of hydrogen-bond acceptors (Lipinski definition) is 4. The molecule has 7 nitrogen and oxygen atoms in total. The Kier molecular flexibility index (Phi) is 5.98. The predicted molar refractivity (Wildman–Crippen MR) is 135 cm³/mol. The Morgan fingerprint density at radius 2 is 1.81 bits per heavy atom. The lowest BCUT2D eigenvalue weighted by Gasteiger charge is -2.35. The Hall–Kier alpha value is -2.93. The first-order chi connectivity index (χ1) is 17.4. The topological polar surface area (TPSA) is 92.5 Å². The minimum Gasteiger partial charge on any atom is -0.481 e. The van der Waals surface area contributed by atoms with Gasteiger partial charge in [-0.1, -0.05) is 29.8 Å². The van der Waals surface area contributed by atoms with Gasteiger partial charge in [0.2, 0.25) is 5.91 Å². The van der Waals surface area contributed by atoms with E-state index in [0.717, 1.165) is 66.9 Å². The Morgan fingerprint density at radius 1 is 1.03 bits per heavy atom. The van der Waals surface area contributed by atoms with E-state index in [1.54, 1.807) is 6.07 Å². The molecule has 8 heteroatoms. The number of hydrogen-bond donors (Lipinski definition) is 1. The molecule has 2 heterocycles. The monoisotopic (exact) mass is 507 g/mol. The van der Waals surface area contributed by atoms with E-state index in [2.05, 4.69) is 0 Å². The van der Waals surface area contributed by atoms with Gasteiger partial charge in [-0.3, -0.25) is 14.4 Å². The van der Waals surface area contributed by atoms with Crippen molar-refractivity contribution in [1.29, 1.82) is 0 Å². The number of halogens is 1. The van der Waals surface area contributed by atoms with Crippen LogP contribution in [-0.4, -0.2) is 50.7 Å². The number of carboxylic acid groups (broad SMARTS) is 1. The SMILES string of the molecule is O=C(O)C1CC=C(c2nn(C(=O)c3c(Cl)cccc3C3CC3)c3c2CCC(C(=O)N2CCC2)C3)CC1. The van der Waals surface area contributed by atoms with Gasteiger partial charge in [0.15, 0.2) is 0 Å². The van der Waals surface area contributed by atoms with Gasteiger partial charge in [0, 0.05) is 31.0 Å². The van der Waals surface area contributed by atoms with E-state index in [9.17, 15) is 19.5 Å². The number of benzene rings is 1. The molecule has 2 aromatic rings. The molecule has 1 aromatic carbocycles. The molecule has 3 aliphatic carbocycles. The van der Waals surface area contributed by atoms with E-state index >= 15 is 0 Å². The maximum Gasteiger partial charge on any atom is 0.306 e. The third-order valence-corrected chi connectivity index (χ3v) is 8.64. The summed E-state index contributed by atoms with van der Waals surface area (Å²) in [7, 11) is 0. The molecule has 1 aliphatic heterocycles. The van der Waals surface area contributed by atoms with Gasteiger partial charge in [-0.2, -0.15) is 9.78 Å². The zero-order chi connectivity index (χ0) is 25.0. The molecule has 4 aliphatic rings. The van der Waals surface area contributed by atoms with Crippen LogP contribution in [0.2, 0.25) is 5.02 Å². The van der Waals surface area contributed by atoms with Crippen LogP contribution in [0.1, 0.15) is 83.7 Å². The summed E-state index contributed by atoms with van der Waals surface area (Å²) in [5.74, 6) is -1.01. The third-order valence-electron chi connectivity index (χ3n) is 8.32. The third kappa shape index (κ3) is 4.07. The Labute approximate surface area is 215 Å². The molecule has 2 atom stereocenters. The summed E-state index contributed by atoms with van der Waals surface area (Å²) in [4.78, 5) is 40.5. The number of carboxylic acids is 1. The van der Waals surface area contributed by atoms with Crippen molar-refractivity contribution in [3.8, 4) is 0 Å². The average Bonchev–Trinajstić information content (AvgIpc) is 3.62. The van der Waals surface area contributed by atoms with E-state index in [-0.39, 0.29) is 23.7 Å². The Morgan fingerprint density at radius 3 is 2.44 bits per heavy atom. The molecular formula is C28H30ClN3O4. The van der Waals surface area contributed by atoms with Crippen LogP contribution in [-0.2, 0) is 22.4 Å². The van der Waals surface area contributed by atoms with Gasteiger partial charge < -0.3 is 10.0 Å². The summed E-state index contributed by atoms with van der Waals surface area (Å²) in [6.45, 7) is 1.63. The zero-order valence-electron chi connectivity index (χ0n) is 20.2. The molecule has 1 aromatic heterocycles. The minimum absolute atomic E-state index is 0.153. The fraction of sp³-hybridized carbons (Fsp3) is 0.500. The number of allylic oxidation sites excluding steroid dienone is 2. The van der Waals surface area contributed by atoms with Crippen molar-refractivity contribution >= 4 is 35.0 Å². The largest absolute Gasteiger partial charge is 0.481 e. The van der Waals surface area contributed by atoms with Gasteiger partial charge in [0.1, 0.15) is 0 Å². The van der Waals surface area contributed by atoms with Crippen LogP contribution in [0, 0.1) is 11.8 Å². The van der Waals surface area contributed by atoms with E-state index in [4.69, 9.17) is 16.7 Å². The van der Waals surface area contributed by atoms with E-state index in [1.165, 1.54) is 4.68 Å². The second kappa shape index (κ2) is 9.18. The van der Waals surface area contributed by atoms with E-state index in [0.29, 0.717) is 48.6 Å². The highest BCUT2D eigenvalue weighted by molar-refractivity contribution is 6.34. The summed E-state index contributed by atoms with van der Waals surface area (Å²) >= 11 is 6.59. The standard InChI is InChI=1S/C28H30ClN3O4/c29-22-4-1-3-20(16-5-6-16)24(22)27(34)32-23-15-19(26(33)31-13-2-14-31)11-12-21(23)25(30-32)17-7-9-18(10-8-17)28(35)36/h1,3-4,7,16,18-19H,2,5-6,8-15H2,(H,35,36). The number of amides is 1. The Balaban J connectivity index is 1.41. The smallest absolute Gasteiger partial charge is 0.306 e. The van der Waals surface area contributed by atoms with Crippen molar-refractivity contribution < 1.29 is 19.5 Å². The number of likely N-dealkylation sites (tertiary alicyclic amines) is 1. The first-order valence-electron chi connectivity index (χ1n) is 13.1. The lowest BCUT2D eigenvalue weighted by atomic mass is 9.82. The molecule has 1 saturated heterocycles. The number of carbonyl (C=O) groups is 3. The number of aliphatic carboxylic acids is 1. The highest BCUT2D eigenvalue weighted by Gasteiger charge is 2.38. The minimum atomic E-state index is -0.772. The average molecular weight is 508 g/mol. The lowest BCUT2D eigenvalue weighted by Crippen LogP contribution is -2.46. The summed E-state index contributed by atoms with van der Waals surface area (Å²) in [5, 5.41) is 14.7. The van der Waals surface area contributed by atoms with E-state index < -0.39 is 5.97 Å². The quantitative estimate of drug-likeness (QED) is 0.632. The van der Waals surface area contributed by atoms with Crippen molar-refractivity contribution in [3.63, 3.8) is 0 Å². The van der Waals surface area contributed by atoms with Crippen LogP contribution >= 0.6 is 11.6 Å². The molecular weight excluding hydrogens is 478 g/mol. The van der Waals surface area contributed by atoms with Crippen LogP contribution in [0.15, 0.2) is 24.3 Å². The van der Waals surface area contributed by atoms with Gasteiger partial charge >= 0.3 is 5.97 Å². The second-order valence-corrected chi connectivity index (χ2v) is 11.0. The summed E-state index contributed by atoms with van der Waals surface area (Å²) in [6, 6.07) is 5.63. The molecule has 0 radical (unpaired) electrons. The number of carbonyl (C=O) groups excluding carboxylic acids is 2.